The number of nitrogens with one attached hydrogen (secondary N) is 2. The number of ether oxygens (including phenoxy) is 1. The molecule has 28 heavy (non-hydrogen) atoms. The summed E-state index contributed by atoms with van der Waals surface area (Å²) in [6, 6.07) is 8.73. The van der Waals surface area contributed by atoms with E-state index in [9.17, 15) is 4.39 Å². The lowest BCUT2D eigenvalue weighted by Gasteiger charge is -2.35. The van der Waals surface area contributed by atoms with Crippen LogP contribution in [0.2, 0.25) is 0 Å². The van der Waals surface area contributed by atoms with Gasteiger partial charge in [0.05, 0.1) is 31.5 Å². The van der Waals surface area contributed by atoms with Crippen molar-refractivity contribution in [3.05, 3.63) is 53.2 Å². The Bertz CT molecular complexity index is 756. The van der Waals surface area contributed by atoms with E-state index in [4.69, 9.17) is 9.26 Å². The summed E-state index contributed by atoms with van der Waals surface area (Å²) in [5.74, 6) is 1.21. The van der Waals surface area contributed by atoms with Gasteiger partial charge in [0.25, 0.3) is 0 Å². The summed E-state index contributed by atoms with van der Waals surface area (Å²) in [7, 11) is 1.73. The molecule has 1 aliphatic rings. The number of guanidine groups is 1. The molecule has 0 amide bonds. The fourth-order valence-corrected chi connectivity index (χ4v) is 3.22. The zero-order chi connectivity index (χ0) is 19.8. The summed E-state index contributed by atoms with van der Waals surface area (Å²) in [5, 5.41) is 10.6. The summed E-state index contributed by atoms with van der Waals surface area (Å²) in [5.41, 5.74) is 2.00. The Balaban J connectivity index is 1.61. The van der Waals surface area contributed by atoms with Crippen LogP contribution < -0.4 is 10.6 Å². The molecular weight excluding hydrogens is 361 g/mol. The van der Waals surface area contributed by atoms with Gasteiger partial charge in [-0.25, -0.2) is 4.39 Å². The molecule has 152 valence electrons. The molecule has 2 heterocycles. The monoisotopic (exact) mass is 389 g/mol. The number of hydrogen-bond acceptors (Lipinski definition) is 5. The first-order chi connectivity index (χ1) is 13.7. The van der Waals surface area contributed by atoms with E-state index >= 15 is 0 Å². The summed E-state index contributed by atoms with van der Waals surface area (Å²) in [6.45, 7) is 6.28. The number of benzene rings is 1. The normalized spacial score (nSPS) is 16.8. The van der Waals surface area contributed by atoms with Gasteiger partial charge in [-0.15, -0.1) is 0 Å². The van der Waals surface area contributed by atoms with Crippen molar-refractivity contribution in [2.75, 3.05) is 39.9 Å². The summed E-state index contributed by atoms with van der Waals surface area (Å²) >= 11 is 0. The van der Waals surface area contributed by atoms with Gasteiger partial charge in [0.15, 0.2) is 11.7 Å². The number of aromatic nitrogens is 1. The average molecular weight is 389 g/mol. The predicted molar refractivity (Wildman–Crippen MR) is 106 cm³/mol. The molecule has 1 saturated heterocycles. The van der Waals surface area contributed by atoms with Crippen molar-refractivity contribution < 1.29 is 13.7 Å². The van der Waals surface area contributed by atoms with Gasteiger partial charge in [-0.3, -0.25) is 9.89 Å². The van der Waals surface area contributed by atoms with Crippen LogP contribution in [0, 0.1) is 5.82 Å². The number of halogens is 1. The average Bonchev–Trinajstić information content (AvgIpc) is 3.20. The van der Waals surface area contributed by atoms with Crippen LogP contribution in [0.15, 0.2) is 39.8 Å². The van der Waals surface area contributed by atoms with Crippen molar-refractivity contribution in [1.82, 2.24) is 20.7 Å². The zero-order valence-corrected chi connectivity index (χ0v) is 16.4. The van der Waals surface area contributed by atoms with Crippen LogP contribution in [-0.4, -0.2) is 55.9 Å². The second kappa shape index (κ2) is 10.2. The van der Waals surface area contributed by atoms with Gasteiger partial charge in [-0.05, 0) is 24.1 Å². The molecule has 1 aromatic carbocycles. The van der Waals surface area contributed by atoms with Crippen LogP contribution in [-0.2, 0) is 17.7 Å². The van der Waals surface area contributed by atoms with E-state index in [0.29, 0.717) is 32.3 Å². The SMILES string of the molecule is CCc1cc(CNC(=NC)NCC(c2ccc(F)cc2)N2CCOCC2)on1. The molecule has 1 aromatic heterocycles. The quantitative estimate of drug-likeness (QED) is 0.558. The van der Waals surface area contributed by atoms with Crippen LogP contribution in [0.5, 0.6) is 0 Å². The van der Waals surface area contributed by atoms with E-state index in [1.54, 1.807) is 7.05 Å². The van der Waals surface area contributed by atoms with Crippen molar-refractivity contribution in [2.45, 2.75) is 25.9 Å². The lowest BCUT2D eigenvalue weighted by Crippen LogP contribution is -2.46. The third-order valence-corrected chi connectivity index (χ3v) is 4.83. The Morgan fingerprint density at radius 1 is 1.25 bits per heavy atom. The van der Waals surface area contributed by atoms with Crippen LogP contribution >= 0.6 is 0 Å². The third-order valence-electron chi connectivity index (χ3n) is 4.83. The van der Waals surface area contributed by atoms with Crippen molar-refractivity contribution in [3.8, 4) is 0 Å². The molecule has 0 radical (unpaired) electrons. The van der Waals surface area contributed by atoms with Crippen molar-refractivity contribution >= 4 is 5.96 Å². The summed E-state index contributed by atoms with van der Waals surface area (Å²) in [4.78, 5) is 6.63. The van der Waals surface area contributed by atoms with Gasteiger partial charge in [0.2, 0.25) is 0 Å². The highest BCUT2D eigenvalue weighted by Gasteiger charge is 2.23. The van der Waals surface area contributed by atoms with Crippen molar-refractivity contribution in [2.24, 2.45) is 4.99 Å². The Labute approximate surface area is 164 Å². The molecule has 1 fully saturated rings. The van der Waals surface area contributed by atoms with Crippen LogP contribution in [0.4, 0.5) is 4.39 Å². The lowest BCUT2D eigenvalue weighted by molar-refractivity contribution is 0.0170. The number of hydrogen-bond donors (Lipinski definition) is 2. The van der Waals surface area contributed by atoms with E-state index in [-0.39, 0.29) is 11.9 Å². The maximum Gasteiger partial charge on any atom is 0.191 e. The molecule has 1 unspecified atom stereocenters. The second-order valence-electron chi connectivity index (χ2n) is 6.66. The number of rotatable bonds is 7. The number of nitrogens with zero attached hydrogens (tertiary/aromatic N) is 3. The van der Waals surface area contributed by atoms with E-state index < -0.39 is 0 Å². The van der Waals surface area contributed by atoms with Gasteiger partial charge in [0.1, 0.15) is 5.82 Å². The second-order valence-corrected chi connectivity index (χ2v) is 6.66. The highest BCUT2D eigenvalue weighted by molar-refractivity contribution is 5.79. The van der Waals surface area contributed by atoms with E-state index in [2.05, 4.69) is 25.7 Å². The van der Waals surface area contributed by atoms with Gasteiger partial charge >= 0.3 is 0 Å². The Morgan fingerprint density at radius 2 is 2.00 bits per heavy atom. The predicted octanol–water partition coefficient (Wildman–Crippen LogP) is 2.11. The van der Waals surface area contributed by atoms with Gasteiger partial charge < -0.3 is 19.9 Å². The highest BCUT2D eigenvalue weighted by Crippen LogP contribution is 2.21. The molecule has 2 aromatic rings. The summed E-state index contributed by atoms with van der Waals surface area (Å²) in [6.07, 6.45) is 0.843. The maximum absolute atomic E-state index is 13.4. The van der Waals surface area contributed by atoms with E-state index in [1.807, 2.05) is 25.1 Å². The first-order valence-electron chi connectivity index (χ1n) is 9.66. The topological polar surface area (TPSA) is 74.9 Å². The lowest BCUT2D eigenvalue weighted by atomic mass is 10.0. The first kappa shape index (κ1) is 20.3. The number of aryl methyl sites for hydroxylation is 1. The Kier molecular flexibility index (Phi) is 7.39. The van der Waals surface area contributed by atoms with Gasteiger partial charge in [0, 0.05) is 32.7 Å². The number of aliphatic imine (C=N–C) groups is 1. The standard InChI is InChI=1S/C20H28FN5O2/c1-3-17-12-18(28-25-17)13-23-20(22-2)24-14-19(26-8-10-27-11-9-26)15-4-6-16(21)7-5-15/h4-7,12,19H,3,8-11,13-14H2,1-2H3,(H2,22,23,24). The Morgan fingerprint density at radius 3 is 2.64 bits per heavy atom. The molecule has 0 bridgehead atoms. The van der Waals surface area contributed by atoms with Gasteiger partial charge in [-0.2, -0.15) is 0 Å². The fourth-order valence-electron chi connectivity index (χ4n) is 3.22. The minimum absolute atomic E-state index is 0.0972. The number of morpholine rings is 1. The van der Waals surface area contributed by atoms with E-state index in [0.717, 1.165) is 36.5 Å². The molecule has 1 atom stereocenters. The molecule has 0 aliphatic carbocycles. The smallest absolute Gasteiger partial charge is 0.191 e. The van der Waals surface area contributed by atoms with Crippen LogP contribution in [0.1, 0.15) is 30.0 Å². The maximum atomic E-state index is 13.4. The fraction of sp³-hybridized carbons (Fsp3) is 0.500. The van der Waals surface area contributed by atoms with Crippen LogP contribution in [0.25, 0.3) is 0 Å². The molecular formula is C20H28FN5O2. The minimum atomic E-state index is -0.228. The minimum Gasteiger partial charge on any atom is -0.379 e. The summed E-state index contributed by atoms with van der Waals surface area (Å²) < 4.78 is 24.1. The van der Waals surface area contributed by atoms with Crippen LogP contribution in [0.3, 0.4) is 0 Å². The Hall–Kier alpha value is -2.45. The molecule has 1 aliphatic heterocycles. The van der Waals surface area contributed by atoms with Crippen molar-refractivity contribution in [1.29, 1.82) is 0 Å². The highest BCUT2D eigenvalue weighted by atomic mass is 19.1. The molecule has 2 N–H and O–H groups in total. The van der Waals surface area contributed by atoms with Gasteiger partial charge in [-0.1, -0.05) is 24.2 Å². The molecule has 0 saturated carbocycles. The third kappa shape index (κ3) is 5.53. The largest absolute Gasteiger partial charge is 0.379 e. The molecule has 3 rings (SSSR count). The molecule has 7 nitrogen and oxygen atoms in total. The van der Waals surface area contributed by atoms with Crippen molar-refractivity contribution in [3.63, 3.8) is 0 Å². The van der Waals surface area contributed by atoms with E-state index in [1.165, 1.54) is 12.1 Å². The molecule has 0 spiro atoms. The zero-order valence-electron chi connectivity index (χ0n) is 16.4. The molecule has 8 heteroatoms. The first-order valence-corrected chi connectivity index (χ1v) is 9.66.